The monoisotopic (exact) mass is 113 g/mol. The van der Waals surface area contributed by atoms with Gasteiger partial charge < -0.3 is 16.4 Å². The Morgan fingerprint density at radius 1 is 1.50 bits per heavy atom. The van der Waals surface area contributed by atoms with Crippen LogP contribution in [0.2, 0.25) is 0 Å². The Labute approximate surface area is 48.9 Å². The molecule has 0 aliphatic carbocycles. The van der Waals surface area contributed by atoms with Gasteiger partial charge in [-0.1, -0.05) is 0 Å². The number of nitrogens with one attached hydrogen (secondary N) is 2. The summed E-state index contributed by atoms with van der Waals surface area (Å²) in [7, 11) is 0. The van der Waals surface area contributed by atoms with Gasteiger partial charge in [0.15, 0.2) is 0 Å². The largest absolute Gasteiger partial charge is 0.400 e. The molecule has 0 radical (unpaired) electrons. The highest BCUT2D eigenvalue weighted by Crippen LogP contribution is 1.79. The minimum Gasteiger partial charge on any atom is -0.400 e. The molecule has 0 aromatic rings. The van der Waals surface area contributed by atoms with Crippen LogP contribution in [0.5, 0.6) is 0 Å². The summed E-state index contributed by atoms with van der Waals surface area (Å²) in [5.41, 5.74) is 6.35. The summed E-state index contributed by atoms with van der Waals surface area (Å²) in [5.74, 6) is 0. The Morgan fingerprint density at radius 2 is 2.38 bits per heavy atom. The molecule has 0 fully saturated rings. The molecule has 0 spiro atoms. The van der Waals surface area contributed by atoms with Gasteiger partial charge in [0.1, 0.15) is 0 Å². The van der Waals surface area contributed by atoms with Crippen molar-refractivity contribution in [3.8, 4) is 0 Å². The lowest BCUT2D eigenvalue weighted by atomic mass is 10.5. The van der Waals surface area contributed by atoms with Crippen molar-refractivity contribution < 1.29 is 0 Å². The third-order valence-electron chi connectivity index (χ3n) is 1.06. The zero-order valence-electron chi connectivity index (χ0n) is 4.78. The minimum absolute atomic E-state index is 0.812. The lowest BCUT2D eigenvalue weighted by Crippen LogP contribution is -2.22. The summed E-state index contributed by atoms with van der Waals surface area (Å²) in [6.07, 6.45) is 1.85. The van der Waals surface area contributed by atoms with E-state index in [1.165, 1.54) is 0 Å². The fourth-order valence-corrected chi connectivity index (χ4v) is 0.648. The van der Waals surface area contributed by atoms with Crippen molar-refractivity contribution >= 4 is 0 Å². The van der Waals surface area contributed by atoms with Crippen LogP contribution in [-0.2, 0) is 0 Å². The number of hydrogen-bond acceptors (Lipinski definition) is 3. The first-order valence-corrected chi connectivity index (χ1v) is 2.78. The first-order chi connectivity index (χ1) is 3.89. The second-order valence-electron chi connectivity index (χ2n) is 1.85. The molecule has 3 nitrogen and oxygen atoms in total. The van der Waals surface area contributed by atoms with E-state index >= 15 is 0 Å². The molecule has 46 valence electrons. The number of hydrogen-bond donors (Lipinski definition) is 3. The predicted octanol–water partition coefficient (Wildman–Crippen LogP) is -1.02. The maximum Gasteiger partial charge on any atom is 0.0381 e. The van der Waals surface area contributed by atoms with Crippen LogP contribution in [0.25, 0.3) is 0 Å². The molecule has 1 heterocycles. The van der Waals surface area contributed by atoms with Gasteiger partial charge in [-0.05, 0) is 0 Å². The second kappa shape index (κ2) is 2.57. The molecule has 0 atom stereocenters. The highest BCUT2D eigenvalue weighted by atomic mass is 15.0. The highest BCUT2D eigenvalue weighted by Gasteiger charge is 1.93. The molecule has 1 aliphatic rings. The molecule has 0 aromatic heterocycles. The molecule has 0 amide bonds. The van der Waals surface area contributed by atoms with Gasteiger partial charge in [-0.25, -0.2) is 0 Å². The van der Waals surface area contributed by atoms with Gasteiger partial charge in [0.2, 0.25) is 0 Å². The van der Waals surface area contributed by atoms with E-state index in [0.29, 0.717) is 0 Å². The standard InChI is InChI=1S/C5H11N3/c6-5-3-7-1-2-8-4-5/h3,7-8H,1-2,4,6H2. The van der Waals surface area contributed by atoms with Crippen molar-refractivity contribution in [1.29, 1.82) is 0 Å². The number of nitrogens with two attached hydrogens (primary N) is 1. The van der Waals surface area contributed by atoms with E-state index in [4.69, 9.17) is 5.73 Å². The molecule has 1 aliphatic heterocycles. The molecule has 3 heteroatoms. The van der Waals surface area contributed by atoms with E-state index in [0.717, 1.165) is 25.3 Å². The topological polar surface area (TPSA) is 50.1 Å². The van der Waals surface area contributed by atoms with Crippen molar-refractivity contribution in [2.75, 3.05) is 19.6 Å². The zero-order valence-corrected chi connectivity index (χ0v) is 4.78. The molecular weight excluding hydrogens is 102 g/mol. The Balaban J connectivity index is 2.36. The smallest absolute Gasteiger partial charge is 0.0381 e. The van der Waals surface area contributed by atoms with Crippen LogP contribution in [-0.4, -0.2) is 19.6 Å². The van der Waals surface area contributed by atoms with Crippen molar-refractivity contribution in [3.05, 3.63) is 11.9 Å². The first kappa shape index (κ1) is 5.44. The van der Waals surface area contributed by atoms with E-state index < -0.39 is 0 Å². The van der Waals surface area contributed by atoms with Gasteiger partial charge in [-0.2, -0.15) is 0 Å². The van der Waals surface area contributed by atoms with Gasteiger partial charge in [-0.3, -0.25) is 0 Å². The maximum atomic E-state index is 5.47. The van der Waals surface area contributed by atoms with Crippen LogP contribution in [0.1, 0.15) is 0 Å². The summed E-state index contributed by atoms with van der Waals surface area (Å²) in [5, 5.41) is 6.19. The molecule has 8 heavy (non-hydrogen) atoms. The van der Waals surface area contributed by atoms with Crippen molar-refractivity contribution in [3.63, 3.8) is 0 Å². The Morgan fingerprint density at radius 3 is 3.25 bits per heavy atom. The van der Waals surface area contributed by atoms with E-state index in [9.17, 15) is 0 Å². The van der Waals surface area contributed by atoms with Crippen LogP contribution in [0.15, 0.2) is 11.9 Å². The molecule has 0 bridgehead atoms. The number of rotatable bonds is 0. The van der Waals surface area contributed by atoms with Crippen molar-refractivity contribution in [2.45, 2.75) is 0 Å². The molecule has 1 rings (SSSR count). The second-order valence-corrected chi connectivity index (χ2v) is 1.85. The molecule has 4 N–H and O–H groups in total. The van der Waals surface area contributed by atoms with Gasteiger partial charge in [0.25, 0.3) is 0 Å². The van der Waals surface area contributed by atoms with Crippen LogP contribution in [0, 0.1) is 0 Å². The molecular formula is C5H11N3. The van der Waals surface area contributed by atoms with Gasteiger partial charge in [0, 0.05) is 31.5 Å². The van der Waals surface area contributed by atoms with E-state index in [2.05, 4.69) is 10.6 Å². The lowest BCUT2D eigenvalue weighted by Gasteiger charge is -1.95. The van der Waals surface area contributed by atoms with Gasteiger partial charge >= 0.3 is 0 Å². The van der Waals surface area contributed by atoms with Crippen LogP contribution in [0.4, 0.5) is 0 Å². The van der Waals surface area contributed by atoms with E-state index in [-0.39, 0.29) is 0 Å². The molecule has 0 saturated carbocycles. The Kier molecular flexibility index (Phi) is 1.75. The SMILES string of the molecule is NC1=CNCCNC1. The van der Waals surface area contributed by atoms with Crippen molar-refractivity contribution in [2.24, 2.45) is 5.73 Å². The quantitative estimate of drug-likeness (QED) is 0.377. The van der Waals surface area contributed by atoms with Gasteiger partial charge in [0.05, 0.1) is 0 Å². The third-order valence-corrected chi connectivity index (χ3v) is 1.06. The average molecular weight is 113 g/mol. The fourth-order valence-electron chi connectivity index (χ4n) is 0.648. The molecule has 0 aromatic carbocycles. The highest BCUT2D eigenvalue weighted by molar-refractivity contribution is 4.98. The van der Waals surface area contributed by atoms with Crippen LogP contribution < -0.4 is 16.4 Å². The summed E-state index contributed by atoms with van der Waals surface area (Å²) in [4.78, 5) is 0. The first-order valence-electron chi connectivity index (χ1n) is 2.78. The summed E-state index contributed by atoms with van der Waals surface area (Å²) < 4.78 is 0. The van der Waals surface area contributed by atoms with E-state index in [1.54, 1.807) is 0 Å². The van der Waals surface area contributed by atoms with Crippen LogP contribution >= 0.6 is 0 Å². The third kappa shape index (κ3) is 1.42. The lowest BCUT2D eigenvalue weighted by molar-refractivity contribution is 0.725. The van der Waals surface area contributed by atoms with Crippen molar-refractivity contribution in [1.82, 2.24) is 10.6 Å². The maximum absolute atomic E-state index is 5.47. The van der Waals surface area contributed by atoms with E-state index in [1.807, 2.05) is 6.20 Å². The summed E-state index contributed by atoms with van der Waals surface area (Å²) in [6.45, 7) is 2.78. The van der Waals surface area contributed by atoms with Crippen LogP contribution in [0.3, 0.4) is 0 Å². The molecule has 0 unspecified atom stereocenters. The Hall–Kier alpha value is -0.700. The normalized spacial score (nSPS) is 20.8. The zero-order chi connectivity index (χ0) is 5.82. The summed E-state index contributed by atoms with van der Waals surface area (Å²) in [6, 6.07) is 0. The minimum atomic E-state index is 0.812. The predicted molar refractivity (Wildman–Crippen MR) is 33.1 cm³/mol. The Bertz CT molecular complexity index is 97.8. The summed E-state index contributed by atoms with van der Waals surface area (Å²) >= 11 is 0. The van der Waals surface area contributed by atoms with Gasteiger partial charge in [-0.15, -0.1) is 0 Å². The molecule has 0 saturated heterocycles. The average Bonchev–Trinajstić information content (AvgIpc) is 1.94. The fraction of sp³-hybridized carbons (Fsp3) is 0.600.